The van der Waals surface area contributed by atoms with Crippen molar-refractivity contribution in [3.8, 4) is 0 Å². The van der Waals surface area contributed by atoms with Crippen LogP contribution in [0.3, 0.4) is 0 Å². The number of nitrogens with one attached hydrogen (secondary N) is 1. The Morgan fingerprint density at radius 2 is 2.11 bits per heavy atom. The lowest BCUT2D eigenvalue weighted by Gasteiger charge is -2.04. The van der Waals surface area contributed by atoms with Crippen LogP contribution in [0.4, 0.5) is 5.69 Å². The molecule has 1 aromatic heterocycles. The van der Waals surface area contributed by atoms with Gasteiger partial charge in [-0.3, -0.25) is 9.59 Å². The Morgan fingerprint density at radius 1 is 1.28 bits per heavy atom. The molecule has 1 heterocycles. The monoisotopic (exact) mass is 281 g/mol. The highest BCUT2D eigenvalue weighted by molar-refractivity contribution is 8.00. The maximum Gasteiger partial charge on any atom is 0.313 e. The van der Waals surface area contributed by atoms with E-state index >= 15 is 0 Å². The van der Waals surface area contributed by atoms with Crippen LogP contribution in [0.25, 0.3) is 10.1 Å². The molecule has 0 radical (unpaired) electrons. The summed E-state index contributed by atoms with van der Waals surface area (Å²) >= 11 is 2.73. The van der Waals surface area contributed by atoms with Crippen LogP contribution in [0.2, 0.25) is 0 Å². The molecule has 0 aliphatic heterocycles. The van der Waals surface area contributed by atoms with Gasteiger partial charge < -0.3 is 10.4 Å². The number of carbonyl (C=O) groups is 2. The number of rotatable bonds is 5. The average molecular weight is 281 g/mol. The molecule has 4 nitrogen and oxygen atoms in total. The lowest BCUT2D eigenvalue weighted by molar-refractivity contribution is -0.133. The first kappa shape index (κ1) is 12.9. The van der Waals surface area contributed by atoms with Crippen LogP contribution in [0.1, 0.15) is 0 Å². The number of fused-ring (bicyclic) bond motifs is 1. The minimum atomic E-state index is -0.910. The largest absolute Gasteiger partial charge is 0.481 e. The second-order valence-corrected chi connectivity index (χ2v) is 5.54. The number of benzene rings is 1. The molecule has 0 bridgehead atoms. The van der Waals surface area contributed by atoms with Gasteiger partial charge in [0.15, 0.2) is 0 Å². The number of anilines is 1. The standard InChI is InChI=1S/C12H11NO3S2/c14-11(6-17-7-12(15)16)13-9-1-2-10-8(5-9)3-4-18-10/h1-5H,6-7H2,(H,13,14)(H,15,16). The topological polar surface area (TPSA) is 66.4 Å². The number of carbonyl (C=O) groups excluding carboxylic acids is 1. The van der Waals surface area contributed by atoms with Crippen LogP contribution >= 0.6 is 23.1 Å². The fraction of sp³-hybridized carbons (Fsp3) is 0.167. The number of carboxylic acid groups (broad SMARTS) is 1. The Morgan fingerprint density at radius 3 is 2.89 bits per heavy atom. The van der Waals surface area contributed by atoms with E-state index in [0.717, 1.165) is 22.8 Å². The molecule has 0 atom stereocenters. The predicted molar refractivity (Wildman–Crippen MR) is 75.4 cm³/mol. The molecule has 2 aromatic rings. The third-order valence-electron chi connectivity index (χ3n) is 2.19. The number of amides is 1. The van der Waals surface area contributed by atoms with Gasteiger partial charge in [0, 0.05) is 10.4 Å². The highest BCUT2D eigenvalue weighted by Crippen LogP contribution is 2.24. The van der Waals surface area contributed by atoms with E-state index in [-0.39, 0.29) is 17.4 Å². The summed E-state index contributed by atoms with van der Waals surface area (Å²) in [4.78, 5) is 21.9. The van der Waals surface area contributed by atoms with E-state index in [0.29, 0.717) is 0 Å². The Hall–Kier alpha value is -1.53. The van der Waals surface area contributed by atoms with E-state index in [9.17, 15) is 9.59 Å². The molecule has 1 aromatic carbocycles. The normalized spacial score (nSPS) is 10.4. The molecule has 2 rings (SSSR count). The number of hydrogen-bond acceptors (Lipinski definition) is 4. The highest BCUT2D eigenvalue weighted by Gasteiger charge is 2.05. The molecule has 0 aliphatic carbocycles. The average Bonchev–Trinajstić information content (AvgIpc) is 2.75. The quantitative estimate of drug-likeness (QED) is 0.884. The molecule has 0 spiro atoms. The Kier molecular flexibility index (Phi) is 4.22. The maximum atomic E-state index is 11.5. The molecule has 2 N–H and O–H groups in total. The van der Waals surface area contributed by atoms with Crippen molar-refractivity contribution in [1.82, 2.24) is 0 Å². The lowest BCUT2D eigenvalue weighted by Crippen LogP contribution is -2.15. The van der Waals surface area contributed by atoms with Gasteiger partial charge in [-0.25, -0.2) is 0 Å². The van der Waals surface area contributed by atoms with Gasteiger partial charge in [-0.15, -0.1) is 23.1 Å². The lowest BCUT2D eigenvalue weighted by atomic mass is 10.2. The van der Waals surface area contributed by atoms with E-state index in [1.807, 2.05) is 29.6 Å². The summed E-state index contributed by atoms with van der Waals surface area (Å²) in [6, 6.07) is 7.71. The van der Waals surface area contributed by atoms with Crippen LogP contribution in [0.15, 0.2) is 29.6 Å². The fourth-order valence-corrected chi connectivity index (χ4v) is 2.78. The zero-order valence-corrected chi connectivity index (χ0v) is 11.0. The fourth-order valence-electron chi connectivity index (χ4n) is 1.47. The molecule has 18 heavy (non-hydrogen) atoms. The number of carboxylic acids is 1. The molecule has 0 aliphatic rings. The van der Waals surface area contributed by atoms with Crippen LogP contribution in [0, 0.1) is 0 Å². The molecule has 0 unspecified atom stereocenters. The van der Waals surface area contributed by atoms with Gasteiger partial charge in [0.2, 0.25) is 5.91 Å². The summed E-state index contributed by atoms with van der Waals surface area (Å²) in [5.41, 5.74) is 0.738. The van der Waals surface area contributed by atoms with Gasteiger partial charge in [-0.2, -0.15) is 0 Å². The van der Waals surface area contributed by atoms with E-state index in [1.54, 1.807) is 11.3 Å². The predicted octanol–water partition coefficient (Wildman–Crippen LogP) is 2.66. The van der Waals surface area contributed by atoms with Crippen molar-refractivity contribution in [2.75, 3.05) is 16.8 Å². The second-order valence-electron chi connectivity index (χ2n) is 3.61. The van der Waals surface area contributed by atoms with Crippen molar-refractivity contribution in [2.45, 2.75) is 0 Å². The molecular formula is C12H11NO3S2. The Labute approximate surface area is 112 Å². The second kappa shape index (κ2) is 5.88. The number of thioether (sulfide) groups is 1. The molecule has 0 saturated heterocycles. The zero-order valence-electron chi connectivity index (χ0n) is 9.38. The van der Waals surface area contributed by atoms with Crippen LogP contribution < -0.4 is 5.32 Å². The van der Waals surface area contributed by atoms with Gasteiger partial charge in [0.1, 0.15) is 0 Å². The number of hydrogen-bond donors (Lipinski definition) is 2. The summed E-state index contributed by atoms with van der Waals surface area (Å²) in [6.45, 7) is 0. The van der Waals surface area contributed by atoms with Gasteiger partial charge >= 0.3 is 5.97 Å². The van der Waals surface area contributed by atoms with Crippen LogP contribution in [0.5, 0.6) is 0 Å². The van der Waals surface area contributed by atoms with Crippen molar-refractivity contribution in [2.24, 2.45) is 0 Å². The summed E-state index contributed by atoms with van der Waals surface area (Å²) in [5.74, 6) is -1.01. The van der Waals surface area contributed by atoms with E-state index in [2.05, 4.69) is 5.32 Å². The SMILES string of the molecule is O=C(O)CSCC(=O)Nc1ccc2sccc2c1. The minimum Gasteiger partial charge on any atom is -0.481 e. The van der Waals surface area contributed by atoms with Crippen molar-refractivity contribution >= 4 is 50.7 Å². The summed E-state index contributed by atoms with van der Waals surface area (Å²) in [5, 5.41) is 14.3. The van der Waals surface area contributed by atoms with Crippen LogP contribution in [-0.4, -0.2) is 28.5 Å². The molecular weight excluding hydrogens is 270 g/mol. The van der Waals surface area contributed by atoms with Crippen LogP contribution in [-0.2, 0) is 9.59 Å². The van der Waals surface area contributed by atoms with E-state index in [4.69, 9.17) is 5.11 Å². The number of aliphatic carboxylic acids is 1. The van der Waals surface area contributed by atoms with Gasteiger partial charge in [-0.05, 0) is 35.0 Å². The van der Waals surface area contributed by atoms with Gasteiger partial charge in [-0.1, -0.05) is 0 Å². The van der Waals surface area contributed by atoms with Crippen molar-refractivity contribution < 1.29 is 14.7 Å². The third kappa shape index (κ3) is 3.48. The maximum absolute atomic E-state index is 11.5. The first-order chi connectivity index (χ1) is 8.65. The molecule has 94 valence electrons. The van der Waals surface area contributed by atoms with Crippen molar-refractivity contribution in [3.05, 3.63) is 29.6 Å². The van der Waals surface area contributed by atoms with E-state index in [1.165, 1.54) is 4.70 Å². The molecule has 6 heteroatoms. The minimum absolute atomic E-state index is 0.0585. The third-order valence-corrected chi connectivity index (χ3v) is 4.01. The van der Waals surface area contributed by atoms with Crippen molar-refractivity contribution in [3.63, 3.8) is 0 Å². The van der Waals surface area contributed by atoms with Crippen molar-refractivity contribution in [1.29, 1.82) is 0 Å². The Bertz CT molecular complexity index is 579. The molecule has 0 fully saturated rings. The smallest absolute Gasteiger partial charge is 0.313 e. The van der Waals surface area contributed by atoms with E-state index < -0.39 is 5.97 Å². The molecule has 0 saturated carbocycles. The first-order valence-electron chi connectivity index (χ1n) is 5.22. The number of thiophene rings is 1. The highest BCUT2D eigenvalue weighted by atomic mass is 32.2. The summed E-state index contributed by atoms with van der Waals surface area (Å²) in [7, 11) is 0. The summed E-state index contributed by atoms with van der Waals surface area (Å²) in [6.07, 6.45) is 0. The first-order valence-corrected chi connectivity index (χ1v) is 7.25. The van der Waals surface area contributed by atoms with Gasteiger partial charge in [0.05, 0.1) is 11.5 Å². The summed E-state index contributed by atoms with van der Waals surface area (Å²) < 4.78 is 1.17. The zero-order chi connectivity index (χ0) is 13.0. The van der Waals surface area contributed by atoms with Gasteiger partial charge in [0.25, 0.3) is 0 Å². The molecule has 1 amide bonds. The Balaban J connectivity index is 1.91.